The van der Waals surface area contributed by atoms with Crippen molar-refractivity contribution < 1.29 is 43.7 Å². The standard InChI is InChI=1S/C12H11N3O11/c16-10(5-24-14(19)20)13-8-1-3-9(4-2-8)26-12(18)6-23-11(17)7-25-15(21)22/h1-4H,5-7H2,(H,13,16). The number of benzene rings is 1. The molecule has 14 heteroatoms. The molecule has 0 aliphatic rings. The first kappa shape index (κ1) is 20.1. The van der Waals surface area contributed by atoms with Crippen LogP contribution >= 0.6 is 0 Å². The van der Waals surface area contributed by atoms with E-state index in [2.05, 4.69) is 19.7 Å². The fourth-order valence-corrected chi connectivity index (χ4v) is 1.36. The lowest BCUT2D eigenvalue weighted by Crippen LogP contribution is -2.22. The lowest BCUT2D eigenvalue weighted by molar-refractivity contribution is -0.754. The molecule has 1 aromatic rings. The van der Waals surface area contributed by atoms with Crippen LogP contribution in [0.2, 0.25) is 0 Å². The fraction of sp³-hybridized carbons (Fsp3) is 0.250. The topological polar surface area (TPSA) is 186 Å². The number of nitrogens with zero attached hydrogens (tertiary/aromatic N) is 2. The summed E-state index contributed by atoms with van der Waals surface area (Å²) in [4.78, 5) is 61.2. The maximum Gasteiger partial charge on any atom is 0.349 e. The third-order valence-corrected chi connectivity index (χ3v) is 2.31. The molecule has 0 heterocycles. The average molecular weight is 373 g/mol. The highest BCUT2D eigenvalue weighted by Gasteiger charge is 2.12. The quantitative estimate of drug-likeness (QED) is 0.241. The second kappa shape index (κ2) is 10.0. The van der Waals surface area contributed by atoms with E-state index in [1.54, 1.807) is 0 Å². The highest BCUT2D eigenvalue weighted by atomic mass is 17.0. The van der Waals surface area contributed by atoms with Crippen LogP contribution in [-0.4, -0.2) is 47.8 Å². The highest BCUT2D eigenvalue weighted by molar-refractivity contribution is 5.91. The maximum atomic E-state index is 11.4. The Bertz CT molecular complexity index is 688. The van der Waals surface area contributed by atoms with Crippen LogP contribution < -0.4 is 10.1 Å². The minimum absolute atomic E-state index is 0.0483. The Labute approximate surface area is 143 Å². The van der Waals surface area contributed by atoms with Crippen molar-refractivity contribution in [3.8, 4) is 5.75 Å². The number of anilines is 1. The smallest absolute Gasteiger partial charge is 0.349 e. The average Bonchev–Trinajstić information content (AvgIpc) is 2.58. The molecule has 140 valence electrons. The van der Waals surface area contributed by atoms with Crippen LogP contribution in [0.3, 0.4) is 0 Å². The Morgan fingerprint density at radius 1 is 0.885 bits per heavy atom. The minimum atomic E-state index is -1.19. The van der Waals surface area contributed by atoms with E-state index in [4.69, 9.17) is 4.74 Å². The number of rotatable bonds is 10. The zero-order chi connectivity index (χ0) is 19.5. The van der Waals surface area contributed by atoms with E-state index in [1.807, 2.05) is 0 Å². The number of carbonyl (C=O) groups is 3. The van der Waals surface area contributed by atoms with E-state index in [1.165, 1.54) is 24.3 Å². The molecule has 0 atom stereocenters. The lowest BCUT2D eigenvalue weighted by atomic mass is 10.3. The lowest BCUT2D eigenvalue weighted by Gasteiger charge is -2.07. The van der Waals surface area contributed by atoms with Crippen molar-refractivity contribution >= 4 is 23.5 Å². The van der Waals surface area contributed by atoms with Crippen molar-refractivity contribution in [3.63, 3.8) is 0 Å². The number of ether oxygens (including phenoxy) is 2. The number of nitrogens with one attached hydrogen (secondary N) is 1. The molecule has 1 N–H and O–H groups in total. The molecular weight excluding hydrogens is 362 g/mol. The predicted molar refractivity (Wildman–Crippen MR) is 77.6 cm³/mol. The van der Waals surface area contributed by atoms with Gasteiger partial charge in [-0.3, -0.25) is 4.79 Å². The first-order chi connectivity index (χ1) is 12.3. The largest absolute Gasteiger partial charge is 0.452 e. The van der Waals surface area contributed by atoms with Crippen LogP contribution in [0, 0.1) is 20.2 Å². The molecule has 0 saturated carbocycles. The summed E-state index contributed by atoms with van der Waals surface area (Å²) < 4.78 is 9.19. The normalized spacial score (nSPS) is 9.54. The molecule has 1 amide bonds. The van der Waals surface area contributed by atoms with E-state index in [9.17, 15) is 34.6 Å². The third-order valence-electron chi connectivity index (χ3n) is 2.31. The number of amides is 1. The van der Waals surface area contributed by atoms with Crippen LogP contribution in [0.15, 0.2) is 24.3 Å². The molecule has 0 aliphatic heterocycles. The molecule has 1 rings (SSSR count). The van der Waals surface area contributed by atoms with Gasteiger partial charge in [-0.05, 0) is 24.3 Å². The van der Waals surface area contributed by atoms with Gasteiger partial charge in [0, 0.05) is 5.69 Å². The van der Waals surface area contributed by atoms with Crippen molar-refractivity contribution in [2.75, 3.05) is 25.1 Å². The second-order valence-corrected chi connectivity index (χ2v) is 4.20. The SMILES string of the molecule is O=C(CO[N+](=O)[O-])Nc1ccc(OC(=O)COC(=O)CO[N+](=O)[O-])cc1. The van der Waals surface area contributed by atoms with E-state index >= 15 is 0 Å². The fourth-order valence-electron chi connectivity index (χ4n) is 1.36. The van der Waals surface area contributed by atoms with Crippen molar-refractivity contribution in [2.45, 2.75) is 0 Å². The summed E-state index contributed by atoms with van der Waals surface area (Å²) in [5, 5.41) is 19.8. The van der Waals surface area contributed by atoms with E-state index < -0.39 is 47.8 Å². The first-order valence-corrected chi connectivity index (χ1v) is 6.57. The molecule has 14 nitrogen and oxygen atoms in total. The molecule has 0 fully saturated rings. The molecule has 0 aromatic heterocycles. The van der Waals surface area contributed by atoms with E-state index in [0.717, 1.165) is 0 Å². The van der Waals surface area contributed by atoms with E-state index in [0.29, 0.717) is 0 Å². The van der Waals surface area contributed by atoms with Gasteiger partial charge >= 0.3 is 11.9 Å². The summed E-state index contributed by atoms with van der Waals surface area (Å²) in [7, 11) is 0. The molecule has 1 aromatic carbocycles. The molecule has 0 aliphatic carbocycles. The molecule has 0 unspecified atom stereocenters. The molecule has 26 heavy (non-hydrogen) atoms. The Kier molecular flexibility index (Phi) is 7.73. The van der Waals surface area contributed by atoms with E-state index in [-0.39, 0.29) is 11.4 Å². The van der Waals surface area contributed by atoms with Crippen molar-refractivity contribution in [1.29, 1.82) is 0 Å². The van der Waals surface area contributed by atoms with Crippen molar-refractivity contribution in [1.82, 2.24) is 0 Å². The zero-order valence-corrected chi connectivity index (χ0v) is 12.8. The van der Waals surface area contributed by atoms with Crippen molar-refractivity contribution in [2.24, 2.45) is 0 Å². The van der Waals surface area contributed by atoms with Gasteiger partial charge in [-0.1, -0.05) is 0 Å². The van der Waals surface area contributed by atoms with Crippen LogP contribution in [0.1, 0.15) is 0 Å². The zero-order valence-electron chi connectivity index (χ0n) is 12.8. The van der Waals surface area contributed by atoms with Gasteiger partial charge in [0.25, 0.3) is 10.2 Å². The van der Waals surface area contributed by atoms with Crippen LogP contribution in [0.25, 0.3) is 0 Å². The highest BCUT2D eigenvalue weighted by Crippen LogP contribution is 2.15. The molecule has 0 spiro atoms. The summed E-state index contributed by atoms with van der Waals surface area (Å²) >= 11 is 0. The summed E-state index contributed by atoms with van der Waals surface area (Å²) in [5.41, 5.74) is 0.255. The molecule has 0 radical (unpaired) electrons. The number of hydrogen-bond acceptors (Lipinski definition) is 11. The van der Waals surface area contributed by atoms with Gasteiger partial charge in [-0.15, -0.1) is 20.2 Å². The third kappa shape index (κ3) is 8.61. The number of hydrogen-bond donors (Lipinski definition) is 1. The van der Waals surface area contributed by atoms with Gasteiger partial charge in [0.15, 0.2) is 19.8 Å². The van der Waals surface area contributed by atoms with Crippen LogP contribution in [0.5, 0.6) is 5.75 Å². The summed E-state index contributed by atoms with van der Waals surface area (Å²) in [6, 6.07) is 5.26. The van der Waals surface area contributed by atoms with Gasteiger partial charge in [-0.2, -0.15) is 0 Å². The molecule has 0 bridgehead atoms. The first-order valence-electron chi connectivity index (χ1n) is 6.57. The predicted octanol–water partition coefficient (Wildman–Crippen LogP) is -0.510. The van der Waals surface area contributed by atoms with Crippen LogP contribution in [0.4, 0.5) is 5.69 Å². The van der Waals surface area contributed by atoms with Gasteiger partial charge < -0.3 is 24.5 Å². The number of carbonyl (C=O) groups excluding carboxylic acids is 3. The molecular formula is C12H11N3O11. The Morgan fingerprint density at radius 2 is 1.46 bits per heavy atom. The Morgan fingerprint density at radius 3 is 2.04 bits per heavy atom. The summed E-state index contributed by atoms with van der Waals surface area (Å²) in [6.45, 7) is -2.54. The van der Waals surface area contributed by atoms with Gasteiger partial charge in [0.1, 0.15) is 5.75 Å². The van der Waals surface area contributed by atoms with Gasteiger partial charge in [0.05, 0.1) is 0 Å². The number of esters is 2. The minimum Gasteiger partial charge on any atom is -0.452 e. The van der Waals surface area contributed by atoms with Crippen molar-refractivity contribution in [3.05, 3.63) is 44.5 Å². The Hall–Kier alpha value is -3.97. The molecule has 0 saturated heterocycles. The van der Waals surface area contributed by atoms with Gasteiger partial charge in [0.2, 0.25) is 5.91 Å². The second-order valence-electron chi connectivity index (χ2n) is 4.20. The summed E-state index contributed by atoms with van der Waals surface area (Å²) in [6.07, 6.45) is 0. The Balaban J connectivity index is 2.38. The maximum absolute atomic E-state index is 11.4. The van der Waals surface area contributed by atoms with Gasteiger partial charge in [-0.25, -0.2) is 9.59 Å². The monoisotopic (exact) mass is 373 g/mol. The summed E-state index contributed by atoms with van der Waals surface area (Å²) in [5.74, 6) is -2.81. The van der Waals surface area contributed by atoms with Crippen LogP contribution in [-0.2, 0) is 28.8 Å².